The fraction of sp³-hybridized carbons (Fsp3) is 0.174. The second kappa shape index (κ2) is 7.51. The molecule has 2 aromatic carbocycles. The molecule has 1 aliphatic rings. The summed E-state index contributed by atoms with van der Waals surface area (Å²) in [4.78, 5) is 17.0. The Morgan fingerprint density at radius 1 is 1.07 bits per heavy atom. The van der Waals surface area contributed by atoms with Crippen molar-refractivity contribution in [2.75, 3.05) is 16.0 Å². The molecule has 2 aromatic heterocycles. The molecule has 1 aliphatic carbocycles. The summed E-state index contributed by atoms with van der Waals surface area (Å²) < 4.78 is 1.60. The molecule has 2 amide bonds. The number of rotatable bonds is 4. The summed E-state index contributed by atoms with van der Waals surface area (Å²) in [5, 5.41) is 14.2. The lowest BCUT2D eigenvalue weighted by molar-refractivity contribution is 0.262. The van der Waals surface area contributed by atoms with Crippen LogP contribution in [0.3, 0.4) is 0 Å². The van der Waals surface area contributed by atoms with Crippen molar-refractivity contribution in [1.82, 2.24) is 14.8 Å². The summed E-state index contributed by atoms with van der Waals surface area (Å²) in [5.41, 5.74) is 4.35. The number of carbonyl (C=O) groups excluding carboxylic acids is 1. The van der Waals surface area contributed by atoms with Gasteiger partial charge in [-0.2, -0.15) is 5.10 Å². The number of anilines is 3. The first kappa shape index (κ1) is 18.2. The summed E-state index contributed by atoms with van der Waals surface area (Å²) in [5.74, 6) is 1.48. The number of aromatic nitrogens is 3. The average molecular weight is 398 g/mol. The Labute approximate surface area is 174 Å². The van der Waals surface area contributed by atoms with Crippen molar-refractivity contribution in [2.45, 2.75) is 18.9 Å². The van der Waals surface area contributed by atoms with Crippen LogP contribution in [0.2, 0.25) is 0 Å². The summed E-state index contributed by atoms with van der Waals surface area (Å²) in [6, 6.07) is 20.0. The minimum Gasteiger partial charge on any atom is -0.363 e. The van der Waals surface area contributed by atoms with E-state index in [9.17, 15) is 4.79 Å². The molecule has 0 saturated heterocycles. The third kappa shape index (κ3) is 3.57. The van der Waals surface area contributed by atoms with Gasteiger partial charge in [0.15, 0.2) is 0 Å². The zero-order valence-electron chi connectivity index (χ0n) is 16.6. The Bertz CT molecular complexity index is 1230. The Hall–Kier alpha value is -3.87. The number of carbonyl (C=O) groups is 1. The number of hydrogen-bond acceptors (Lipinski definition) is 4. The molecular formula is C23H22N6O. The minimum absolute atomic E-state index is 0.294. The normalized spacial score (nSPS) is 15.0. The Kier molecular flexibility index (Phi) is 4.55. The van der Waals surface area contributed by atoms with Crippen LogP contribution in [0.5, 0.6) is 0 Å². The first-order valence-corrected chi connectivity index (χ1v) is 9.97. The van der Waals surface area contributed by atoms with E-state index in [2.05, 4.69) is 45.3 Å². The third-order valence-corrected chi connectivity index (χ3v) is 5.46. The molecule has 1 atom stereocenters. The van der Waals surface area contributed by atoms with Crippen molar-refractivity contribution in [1.29, 1.82) is 0 Å². The van der Waals surface area contributed by atoms with Gasteiger partial charge < -0.3 is 10.6 Å². The summed E-state index contributed by atoms with van der Waals surface area (Å²) in [6.45, 7) is 0. The topological polar surface area (TPSA) is 83.9 Å². The largest absolute Gasteiger partial charge is 0.363 e. The van der Waals surface area contributed by atoms with E-state index in [1.54, 1.807) is 24.0 Å². The predicted octanol–water partition coefficient (Wildman–Crippen LogP) is 4.71. The molecule has 30 heavy (non-hydrogen) atoms. The fourth-order valence-corrected chi connectivity index (χ4v) is 3.94. The number of fused-ring (bicyclic) bond motifs is 2. The van der Waals surface area contributed by atoms with Crippen molar-refractivity contribution in [3.63, 3.8) is 0 Å². The van der Waals surface area contributed by atoms with Crippen LogP contribution in [0.4, 0.5) is 22.1 Å². The lowest BCUT2D eigenvalue weighted by Gasteiger charge is -2.15. The molecule has 3 N–H and O–H groups in total. The Morgan fingerprint density at radius 2 is 1.97 bits per heavy atom. The number of urea groups is 1. The molecule has 2 heterocycles. The van der Waals surface area contributed by atoms with Crippen molar-refractivity contribution < 1.29 is 4.79 Å². The zero-order valence-corrected chi connectivity index (χ0v) is 16.6. The molecule has 0 bridgehead atoms. The van der Waals surface area contributed by atoms with Gasteiger partial charge in [0.2, 0.25) is 0 Å². The fourth-order valence-electron chi connectivity index (χ4n) is 3.94. The highest BCUT2D eigenvalue weighted by molar-refractivity contribution is 6.00. The van der Waals surface area contributed by atoms with Gasteiger partial charge in [0.25, 0.3) is 0 Å². The standard InChI is InChI=1S/C23H22N6O/c1-29-22(12-13-24-29)28-23(30)25-17-8-10-19-16(14-17)7-11-21(26-19)27-20-9-6-15-4-2-3-5-18(15)20/h2-5,7-8,10-14,20H,6,9H2,1H3,(H,26,27)(H2,25,28,30). The molecule has 5 rings (SSSR count). The van der Waals surface area contributed by atoms with Gasteiger partial charge in [-0.1, -0.05) is 24.3 Å². The Balaban J connectivity index is 1.29. The van der Waals surface area contributed by atoms with Gasteiger partial charge in [0.05, 0.1) is 17.8 Å². The van der Waals surface area contributed by atoms with Crippen molar-refractivity contribution in [3.05, 3.63) is 78.0 Å². The maximum absolute atomic E-state index is 12.2. The van der Waals surface area contributed by atoms with Crippen LogP contribution in [-0.4, -0.2) is 20.8 Å². The van der Waals surface area contributed by atoms with Crippen molar-refractivity contribution in [3.8, 4) is 0 Å². The van der Waals surface area contributed by atoms with E-state index in [4.69, 9.17) is 4.98 Å². The summed E-state index contributed by atoms with van der Waals surface area (Å²) in [6.07, 6.45) is 3.80. The highest BCUT2D eigenvalue weighted by Gasteiger charge is 2.21. The SMILES string of the molecule is Cn1nccc1NC(=O)Nc1ccc2nc(NC3CCc4ccccc43)ccc2c1. The number of nitrogens with zero attached hydrogens (tertiary/aromatic N) is 3. The maximum atomic E-state index is 12.2. The number of aryl methyl sites for hydroxylation is 2. The van der Waals surface area contributed by atoms with Crippen molar-refractivity contribution >= 4 is 34.3 Å². The number of benzene rings is 2. The number of amides is 2. The van der Waals surface area contributed by atoms with E-state index >= 15 is 0 Å². The van der Waals surface area contributed by atoms with Crippen LogP contribution in [-0.2, 0) is 13.5 Å². The lowest BCUT2D eigenvalue weighted by atomic mass is 10.1. The zero-order chi connectivity index (χ0) is 20.5. The number of pyridine rings is 1. The van der Waals surface area contributed by atoms with E-state index in [1.165, 1.54) is 11.1 Å². The molecule has 7 nitrogen and oxygen atoms in total. The van der Waals surface area contributed by atoms with Gasteiger partial charge in [-0.15, -0.1) is 0 Å². The quantitative estimate of drug-likeness (QED) is 0.465. The monoisotopic (exact) mass is 398 g/mol. The summed E-state index contributed by atoms with van der Waals surface area (Å²) in [7, 11) is 1.77. The van der Waals surface area contributed by atoms with Crippen LogP contribution in [0.25, 0.3) is 10.9 Å². The molecule has 0 fully saturated rings. The van der Waals surface area contributed by atoms with Crippen LogP contribution < -0.4 is 16.0 Å². The van der Waals surface area contributed by atoms with E-state index in [1.807, 2.05) is 30.3 Å². The van der Waals surface area contributed by atoms with Crippen LogP contribution >= 0.6 is 0 Å². The predicted molar refractivity (Wildman–Crippen MR) is 119 cm³/mol. The van der Waals surface area contributed by atoms with E-state index < -0.39 is 0 Å². The van der Waals surface area contributed by atoms with E-state index in [0.717, 1.165) is 29.6 Å². The van der Waals surface area contributed by atoms with Gasteiger partial charge in [-0.3, -0.25) is 10.00 Å². The molecule has 0 spiro atoms. The second-order valence-electron chi connectivity index (χ2n) is 7.46. The average Bonchev–Trinajstić information content (AvgIpc) is 3.34. The third-order valence-electron chi connectivity index (χ3n) is 5.46. The van der Waals surface area contributed by atoms with Crippen molar-refractivity contribution in [2.24, 2.45) is 7.05 Å². The van der Waals surface area contributed by atoms with Gasteiger partial charge in [-0.25, -0.2) is 9.78 Å². The first-order chi connectivity index (χ1) is 14.7. The van der Waals surface area contributed by atoms with Gasteiger partial charge in [0, 0.05) is 24.2 Å². The summed E-state index contributed by atoms with van der Waals surface area (Å²) >= 11 is 0. The maximum Gasteiger partial charge on any atom is 0.324 e. The molecule has 1 unspecified atom stereocenters. The number of nitrogens with one attached hydrogen (secondary N) is 3. The Morgan fingerprint density at radius 3 is 2.83 bits per heavy atom. The van der Waals surface area contributed by atoms with Crippen LogP contribution in [0.1, 0.15) is 23.6 Å². The van der Waals surface area contributed by atoms with Crippen LogP contribution in [0, 0.1) is 0 Å². The van der Waals surface area contributed by atoms with Gasteiger partial charge in [0.1, 0.15) is 11.6 Å². The number of hydrogen-bond donors (Lipinski definition) is 3. The molecular weight excluding hydrogens is 376 g/mol. The highest BCUT2D eigenvalue weighted by Crippen LogP contribution is 2.33. The molecule has 0 radical (unpaired) electrons. The van der Waals surface area contributed by atoms with Crippen LogP contribution in [0.15, 0.2) is 66.9 Å². The first-order valence-electron chi connectivity index (χ1n) is 9.97. The smallest absolute Gasteiger partial charge is 0.324 e. The minimum atomic E-state index is -0.316. The van der Waals surface area contributed by atoms with E-state index in [0.29, 0.717) is 17.5 Å². The van der Waals surface area contributed by atoms with Gasteiger partial charge >= 0.3 is 6.03 Å². The highest BCUT2D eigenvalue weighted by atomic mass is 16.2. The lowest BCUT2D eigenvalue weighted by Crippen LogP contribution is -2.21. The molecule has 4 aromatic rings. The van der Waals surface area contributed by atoms with E-state index in [-0.39, 0.29) is 6.03 Å². The molecule has 150 valence electrons. The molecule has 0 saturated carbocycles. The molecule has 7 heteroatoms. The van der Waals surface area contributed by atoms with Gasteiger partial charge in [-0.05, 0) is 54.3 Å². The second-order valence-corrected chi connectivity index (χ2v) is 7.46. The molecule has 0 aliphatic heterocycles.